The SMILES string of the molecule is CCCCCNS(=O)(=O)N1CCCC(CNC(C)C)C1. The van der Waals surface area contributed by atoms with Gasteiger partial charge in [-0.1, -0.05) is 33.6 Å². The van der Waals surface area contributed by atoms with Crippen LogP contribution in [0.4, 0.5) is 0 Å². The van der Waals surface area contributed by atoms with Crippen LogP contribution in [0.3, 0.4) is 0 Å². The summed E-state index contributed by atoms with van der Waals surface area (Å²) in [6.07, 6.45) is 5.17. The summed E-state index contributed by atoms with van der Waals surface area (Å²) in [5.41, 5.74) is 0. The molecule has 6 heteroatoms. The van der Waals surface area contributed by atoms with Crippen molar-refractivity contribution < 1.29 is 8.42 Å². The first-order valence-corrected chi connectivity index (χ1v) is 9.37. The zero-order chi connectivity index (χ0) is 15.0. The highest BCUT2D eigenvalue weighted by molar-refractivity contribution is 7.87. The lowest BCUT2D eigenvalue weighted by atomic mass is 9.99. The predicted molar refractivity (Wildman–Crippen MR) is 83.9 cm³/mol. The molecule has 0 aliphatic carbocycles. The zero-order valence-electron chi connectivity index (χ0n) is 13.2. The topological polar surface area (TPSA) is 61.4 Å². The normalized spacial score (nSPS) is 21.5. The minimum atomic E-state index is -3.28. The van der Waals surface area contributed by atoms with Crippen molar-refractivity contribution >= 4 is 10.2 Å². The Hall–Kier alpha value is -0.170. The summed E-state index contributed by atoms with van der Waals surface area (Å²) in [5, 5.41) is 3.41. The molecule has 0 radical (unpaired) electrons. The summed E-state index contributed by atoms with van der Waals surface area (Å²) in [6.45, 7) is 9.11. The van der Waals surface area contributed by atoms with E-state index < -0.39 is 10.2 Å². The number of nitrogens with one attached hydrogen (secondary N) is 2. The van der Waals surface area contributed by atoms with E-state index in [0.29, 0.717) is 31.6 Å². The fraction of sp³-hybridized carbons (Fsp3) is 1.00. The summed E-state index contributed by atoms with van der Waals surface area (Å²) >= 11 is 0. The fourth-order valence-electron chi connectivity index (χ4n) is 2.48. The van der Waals surface area contributed by atoms with E-state index in [0.717, 1.165) is 38.6 Å². The maximum atomic E-state index is 12.2. The Labute approximate surface area is 124 Å². The van der Waals surface area contributed by atoms with Crippen LogP contribution in [0.1, 0.15) is 52.9 Å². The molecule has 1 saturated heterocycles. The number of rotatable bonds is 9. The van der Waals surface area contributed by atoms with Crippen molar-refractivity contribution in [2.45, 2.75) is 58.9 Å². The first kappa shape index (κ1) is 17.9. The van der Waals surface area contributed by atoms with Gasteiger partial charge in [-0.3, -0.25) is 0 Å². The summed E-state index contributed by atoms with van der Waals surface area (Å²) < 4.78 is 28.8. The summed E-state index contributed by atoms with van der Waals surface area (Å²) in [4.78, 5) is 0. The minimum Gasteiger partial charge on any atom is -0.314 e. The van der Waals surface area contributed by atoms with E-state index in [9.17, 15) is 8.42 Å². The number of unbranched alkanes of at least 4 members (excludes halogenated alkanes) is 2. The molecule has 0 aromatic carbocycles. The van der Waals surface area contributed by atoms with Crippen molar-refractivity contribution in [3.8, 4) is 0 Å². The fourth-order valence-corrected chi connectivity index (χ4v) is 3.84. The molecule has 20 heavy (non-hydrogen) atoms. The van der Waals surface area contributed by atoms with E-state index in [2.05, 4.69) is 30.8 Å². The molecule has 1 unspecified atom stereocenters. The molecule has 0 aromatic rings. The number of piperidine rings is 1. The molecule has 0 bridgehead atoms. The molecule has 1 aliphatic rings. The van der Waals surface area contributed by atoms with Crippen LogP contribution in [0.25, 0.3) is 0 Å². The Morgan fingerprint density at radius 3 is 2.70 bits per heavy atom. The second-order valence-corrected chi connectivity index (χ2v) is 7.79. The molecule has 0 aromatic heterocycles. The van der Waals surface area contributed by atoms with Gasteiger partial charge < -0.3 is 5.32 Å². The van der Waals surface area contributed by atoms with Gasteiger partial charge in [0.2, 0.25) is 0 Å². The Kier molecular flexibility index (Phi) is 8.02. The molecule has 5 nitrogen and oxygen atoms in total. The second kappa shape index (κ2) is 8.97. The quantitative estimate of drug-likeness (QED) is 0.638. The van der Waals surface area contributed by atoms with Gasteiger partial charge in [0.15, 0.2) is 0 Å². The van der Waals surface area contributed by atoms with Gasteiger partial charge in [-0.05, 0) is 31.7 Å². The molecule has 120 valence electrons. The highest BCUT2D eigenvalue weighted by atomic mass is 32.2. The number of hydrogen-bond acceptors (Lipinski definition) is 3. The first-order chi connectivity index (χ1) is 9.45. The minimum absolute atomic E-state index is 0.429. The maximum absolute atomic E-state index is 12.2. The third kappa shape index (κ3) is 6.52. The van der Waals surface area contributed by atoms with Crippen molar-refractivity contribution in [2.24, 2.45) is 5.92 Å². The van der Waals surface area contributed by atoms with Crippen molar-refractivity contribution in [1.82, 2.24) is 14.3 Å². The lowest BCUT2D eigenvalue weighted by molar-refractivity contribution is 0.254. The molecule has 2 N–H and O–H groups in total. The van der Waals surface area contributed by atoms with Crippen LogP contribution in [-0.4, -0.2) is 44.9 Å². The zero-order valence-corrected chi connectivity index (χ0v) is 14.0. The average Bonchev–Trinajstić information content (AvgIpc) is 2.42. The Morgan fingerprint density at radius 2 is 2.05 bits per heavy atom. The Bertz CT molecular complexity index is 357. The second-order valence-electron chi connectivity index (χ2n) is 6.04. The van der Waals surface area contributed by atoms with E-state index in [1.54, 1.807) is 4.31 Å². The van der Waals surface area contributed by atoms with Crippen LogP contribution in [0.15, 0.2) is 0 Å². The van der Waals surface area contributed by atoms with Crippen molar-refractivity contribution in [3.05, 3.63) is 0 Å². The Morgan fingerprint density at radius 1 is 1.30 bits per heavy atom. The summed E-state index contributed by atoms with van der Waals surface area (Å²) in [5.74, 6) is 0.429. The van der Waals surface area contributed by atoms with Crippen LogP contribution < -0.4 is 10.0 Å². The van der Waals surface area contributed by atoms with E-state index in [1.807, 2.05) is 0 Å². The van der Waals surface area contributed by atoms with Crippen molar-refractivity contribution in [2.75, 3.05) is 26.2 Å². The molecule has 1 fully saturated rings. The first-order valence-electron chi connectivity index (χ1n) is 7.93. The molecule has 1 rings (SSSR count). The molecular weight excluding hydrogens is 274 g/mol. The van der Waals surface area contributed by atoms with Crippen LogP contribution in [0.5, 0.6) is 0 Å². The average molecular weight is 305 g/mol. The molecule has 0 amide bonds. The standard InChI is InChI=1S/C14H31N3O2S/c1-4-5-6-9-16-20(18,19)17-10-7-8-14(12-17)11-15-13(2)3/h13-16H,4-12H2,1-3H3. The largest absolute Gasteiger partial charge is 0.314 e. The third-order valence-corrected chi connectivity index (χ3v) is 5.28. The van der Waals surface area contributed by atoms with Gasteiger partial charge >= 0.3 is 0 Å². The highest BCUT2D eigenvalue weighted by Crippen LogP contribution is 2.18. The lowest BCUT2D eigenvalue weighted by Crippen LogP contribution is -2.48. The Balaban J connectivity index is 2.40. The monoisotopic (exact) mass is 305 g/mol. The predicted octanol–water partition coefficient (Wildman–Crippen LogP) is 1.72. The van der Waals surface area contributed by atoms with Gasteiger partial charge in [-0.25, -0.2) is 4.72 Å². The number of hydrogen-bond donors (Lipinski definition) is 2. The number of nitrogens with zero attached hydrogens (tertiary/aromatic N) is 1. The van der Waals surface area contributed by atoms with E-state index >= 15 is 0 Å². The molecule has 1 aliphatic heterocycles. The van der Waals surface area contributed by atoms with Gasteiger partial charge in [0, 0.05) is 25.7 Å². The maximum Gasteiger partial charge on any atom is 0.279 e. The van der Waals surface area contributed by atoms with Gasteiger partial charge in [-0.15, -0.1) is 0 Å². The molecule has 0 spiro atoms. The van der Waals surface area contributed by atoms with E-state index in [-0.39, 0.29) is 0 Å². The van der Waals surface area contributed by atoms with Crippen molar-refractivity contribution in [1.29, 1.82) is 0 Å². The van der Waals surface area contributed by atoms with Crippen LogP contribution >= 0.6 is 0 Å². The van der Waals surface area contributed by atoms with Gasteiger partial charge in [0.25, 0.3) is 10.2 Å². The molecule has 0 saturated carbocycles. The van der Waals surface area contributed by atoms with Crippen molar-refractivity contribution in [3.63, 3.8) is 0 Å². The molecule has 1 atom stereocenters. The lowest BCUT2D eigenvalue weighted by Gasteiger charge is -2.32. The van der Waals surface area contributed by atoms with Gasteiger partial charge in [0.1, 0.15) is 0 Å². The van der Waals surface area contributed by atoms with E-state index in [1.165, 1.54) is 0 Å². The molecular formula is C14H31N3O2S. The van der Waals surface area contributed by atoms with Crippen LogP contribution in [0, 0.1) is 5.92 Å². The third-order valence-electron chi connectivity index (χ3n) is 3.70. The smallest absolute Gasteiger partial charge is 0.279 e. The summed E-state index contributed by atoms with van der Waals surface area (Å²) in [6, 6.07) is 0.453. The van der Waals surface area contributed by atoms with Crippen LogP contribution in [-0.2, 0) is 10.2 Å². The van der Waals surface area contributed by atoms with Gasteiger partial charge in [0.05, 0.1) is 0 Å². The summed E-state index contributed by atoms with van der Waals surface area (Å²) in [7, 11) is -3.28. The van der Waals surface area contributed by atoms with Crippen LogP contribution in [0.2, 0.25) is 0 Å². The van der Waals surface area contributed by atoms with E-state index in [4.69, 9.17) is 0 Å². The molecule has 1 heterocycles. The van der Waals surface area contributed by atoms with Gasteiger partial charge in [-0.2, -0.15) is 12.7 Å². The highest BCUT2D eigenvalue weighted by Gasteiger charge is 2.28.